The Balaban J connectivity index is 0.00000147. The number of piperidine rings is 1. The topological polar surface area (TPSA) is 61.4 Å². The van der Waals surface area contributed by atoms with E-state index in [1.165, 1.54) is 39.1 Å². The fraction of sp³-hybridized carbons (Fsp3) is 1.00. The fourth-order valence-electron chi connectivity index (χ4n) is 3.75. The summed E-state index contributed by atoms with van der Waals surface area (Å²) < 4.78 is 25.6. The van der Waals surface area contributed by atoms with Crippen LogP contribution in [-0.2, 0) is 10.0 Å². The first-order valence-electron chi connectivity index (χ1n) is 7.49. The minimum absolute atomic E-state index is 0. The molecule has 2 aliphatic heterocycles. The third-order valence-electron chi connectivity index (χ3n) is 5.04. The molecule has 3 fully saturated rings. The number of likely N-dealkylation sites (tertiary alicyclic amines) is 1. The lowest BCUT2D eigenvalue weighted by molar-refractivity contribution is 0.248. The molecule has 118 valence electrons. The van der Waals surface area contributed by atoms with Crippen molar-refractivity contribution >= 4 is 22.4 Å². The van der Waals surface area contributed by atoms with Gasteiger partial charge in [-0.25, -0.2) is 13.1 Å². The molecule has 5 nitrogen and oxygen atoms in total. The molecular formula is C13H26ClN3O2S. The maximum Gasteiger partial charge on any atom is 0.211 e. The molecule has 2 N–H and O–H groups in total. The average molecular weight is 324 g/mol. The lowest BCUT2D eigenvalue weighted by Gasteiger charge is -2.22. The van der Waals surface area contributed by atoms with Crippen molar-refractivity contribution in [1.82, 2.24) is 14.9 Å². The van der Waals surface area contributed by atoms with Gasteiger partial charge in [-0.15, -0.1) is 12.4 Å². The third kappa shape index (κ3) is 3.65. The van der Waals surface area contributed by atoms with E-state index in [1.807, 2.05) is 0 Å². The molecule has 20 heavy (non-hydrogen) atoms. The van der Waals surface area contributed by atoms with E-state index < -0.39 is 10.0 Å². The molecule has 0 bridgehead atoms. The van der Waals surface area contributed by atoms with Gasteiger partial charge < -0.3 is 10.2 Å². The number of fused-ring (bicyclic) bond motifs is 1. The molecule has 0 radical (unpaired) electrons. The molecule has 1 saturated carbocycles. The molecule has 2 heterocycles. The van der Waals surface area contributed by atoms with E-state index in [4.69, 9.17) is 0 Å². The maximum atomic E-state index is 11.4. The van der Waals surface area contributed by atoms with E-state index in [2.05, 4.69) is 14.9 Å². The van der Waals surface area contributed by atoms with E-state index in [0.717, 1.165) is 17.8 Å². The zero-order valence-electron chi connectivity index (χ0n) is 12.0. The standard InChI is InChI=1S/C13H25N3O2S.ClH/c1-2-19(17,18)15-6-11-12-8-16(9-13(11)12)7-10-3-4-14-5-10;/h10-15H,2-9H2,1H3;1H/t10-,11?,12?,13?;/m1./s1. The van der Waals surface area contributed by atoms with Crippen LogP contribution in [0.3, 0.4) is 0 Å². The number of sulfonamides is 1. The van der Waals surface area contributed by atoms with Crippen LogP contribution >= 0.6 is 12.4 Å². The Hall–Kier alpha value is 0.120. The largest absolute Gasteiger partial charge is 0.316 e. The second-order valence-electron chi connectivity index (χ2n) is 6.32. The number of nitrogens with zero attached hydrogens (tertiary/aromatic N) is 1. The van der Waals surface area contributed by atoms with E-state index in [-0.39, 0.29) is 18.2 Å². The average Bonchev–Trinajstić information content (AvgIpc) is 2.79. The quantitative estimate of drug-likeness (QED) is 0.730. The number of hydrogen-bond donors (Lipinski definition) is 2. The maximum absolute atomic E-state index is 11.4. The minimum Gasteiger partial charge on any atom is -0.316 e. The van der Waals surface area contributed by atoms with Gasteiger partial charge >= 0.3 is 0 Å². The van der Waals surface area contributed by atoms with Crippen LogP contribution in [0.4, 0.5) is 0 Å². The highest BCUT2D eigenvalue weighted by atomic mass is 35.5. The van der Waals surface area contributed by atoms with E-state index in [0.29, 0.717) is 12.5 Å². The smallest absolute Gasteiger partial charge is 0.211 e. The molecular weight excluding hydrogens is 298 g/mol. The normalized spacial score (nSPS) is 36.6. The van der Waals surface area contributed by atoms with Crippen molar-refractivity contribution < 1.29 is 8.42 Å². The molecule has 0 aromatic rings. The van der Waals surface area contributed by atoms with Gasteiger partial charge in [-0.3, -0.25) is 0 Å². The number of hydrogen-bond acceptors (Lipinski definition) is 4. The summed E-state index contributed by atoms with van der Waals surface area (Å²) in [5.41, 5.74) is 0. The minimum atomic E-state index is -3.01. The van der Waals surface area contributed by atoms with Crippen LogP contribution in [0, 0.1) is 23.7 Å². The second-order valence-corrected chi connectivity index (χ2v) is 8.42. The lowest BCUT2D eigenvalue weighted by Crippen LogP contribution is -2.34. The molecule has 2 saturated heterocycles. The van der Waals surface area contributed by atoms with Gasteiger partial charge in [0.15, 0.2) is 0 Å². The molecule has 1 aliphatic carbocycles. The van der Waals surface area contributed by atoms with Gasteiger partial charge in [-0.2, -0.15) is 0 Å². The van der Waals surface area contributed by atoms with Crippen LogP contribution in [0.15, 0.2) is 0 Å². The number of rotatable bonds is 6. The molecule has 3 rings (SSSR count). The Labute approximate surface area is 128 Å². The number of halogens is 1. The van der Waals surface area contributed by atoms with Crippen LogP contribution in [0.25, 0.3) is 0 Å². The van der Waals surface area contributed by atoms with Crippen molar-refractivity contribution in [1.29, 1.82) is 0 Å². The second kappa shape index (κ2) is 6.48. The molecule has 3 aliphatic rings. The summed E-state index contributed by atoms with van der Waals surface area (Å²) in [4.78, 5) is 2.58. The van der Waals surface area contributed by atoms with Crippen molar-refractivity contribution in [3.63, 3.8) is 0 Å². The van der Waals surface area contributed by atoms with Crippen molar-refractivity contribution in [2.24, 2.45) is 23.7 Å². The van der Waals surface area contributed by atoms with Gasteiger partial charge in [0.2, 0.25) is 10.0 Å². The van der Waals surface area contributed by atoms with Gasteiger partial charge in [0.05, 0.1) is 5.75 Å². The first-order chi connectivity index (χ1) is 9.09. The summed E-state index contributed by atoms with van der Waals surface area (Å²) in [5, 5.41) is 3.42. The molecule has 2 unspecified atom stereocenters. The highest BCUT2D eigenvalue weighted by Gasteiger charge is 2.55. The van der Waals surface area contributed by atoms with Gasteiger partial charge in [-0.1, -0.05) is 0 Å². The van der Waals surface area contributed by atoms with Crippen LogP contribution in [0.2, 0.25) is 0 Å². The Morgan fingerprint density at radius 1 is 1.30 bits per heavy atom. The molecule has 3 atom stereocenters. The summed E-state index contributed by atoms with van der Waals surface area (Å²) in [6.07, 6.45) is 1.31. The Kier molecular flexibility index (Phi) is 5.34. The fourth-order valence-corrected chi connectivity index (χ4v) is 4.40. The summed E-state index contributed by atoms with van der Waals surface area (Å²) in [6.45, 7) is 8.28. The van der Waals surface area contributed by atoms with Crippen molar-refractivity contribution in [2.75, 3.05) is 45.0 Å². The number of nitrogens with one attached hydrogen (secondary N) is 2. The summed E-state index contributed by atoms with van der Waals surface area (Å²) in [7, 11) is -3.01. The summed E-state index contributed by atoms with van der Waals surface area (Å²) >= 11 is 0. The SMILES string of the molecule is CCS(=O)(=O)NCC1C2CN(C[C@@H]3CCNC3)CC12.Cl. The van der Waals surface area contributed by atoms with Crippen LogP contribution in [0.1, 0.15) is 13.3 Å². The highest BCUT2D eigenvalue weighted by molar-refractivity contribution is 7.89. The predicted molar refractivity (Wildman–Crippen MR) is 82.6 cm³/mol. The molecule has 0 amide bonds. The molecule has 0 aromatic carbocycles. The lowest BCUT2D eigenvalue weighted by atomic mass is 10.1. The summed E-state index contributed by atoms with van der Waals surface area (Å²) in [6, 6.07) is 0. The monoisotopic (exact) mass is 323 g/mol. The Bertz CT molecular complexity index is 413. The zero-order valence-corrected chi connectivity index (χ0v) is 13.7. The predicted octanol–water partition coefficient (Wildman–Crippen LogP) is 0.135. The summed E-state index contributed by atoms with van der Waals surface area (Å²) in [5.74, 6) is 3.10. The zero-order chi connectivity index (χ0) is 13.5. The molecule has 0 aromatic heterocycles. The first kappa shape index (κ1) is 16.5. The molecule has 0 spiro atoms. The van der Waals surface area contributed by atoms with Crippen LogP contribution in [0.5, 0.6) is 0 Å². The van der Waals surface area contributed by atoms with Crippen LogP contribution in [-0.4, -0.2) is 58.3 Å². The molecule has 7 heteroatoms. The van der Waals surface area contributed by atoms with Gasteiger partial charge in [0.25, 0.3) is 0 Å². The van der Waals surface area contributed by atoms with Gasteiger partial charge in [0, 0.05) is 26.2 Å². The highest BCUT2D eigenvalue weighted by Crippen LogP contribution is 2.51. The van der Waals surface area contributed by atoms with E-state index >= 15 is 0 Å². The van der Waals surface area contributed by atoms with Crippen molar-refractivity contribution in [3.05, 3.63) is 0 Å². The van der Waals surface area contributed by atoms with Crippen molar-refractivity contribution in [3.8, 4) is 0 Å². The van der Waals surface area contributed by atoms with Gasteiger partial charge in [0.1, 0.15) is 0 Å². The van der Waals surface area contributed by atoms with E-state index in [1.54, 1.807) is 6.92 Å². The van der Waals surface area contributed by atoms with Crippen LogP contribution < -0.4 is 10.0 Å². The third-order valence-corrected chi connectivity index (χ3v) is 6.41. The first-order valence-corrected chi connectivity index (χ1v) is 9.14. The Morgan fingerprint density at radius 3 is 2.55 bits per heavy atom. The van der Waals surface area contributed by atoms with Gasteiger partial charge in [-0.05, 0) is 50.1 Å². The van der Waals surface area contributed by atoms with Crippen molar-refractivity contribution in [2.45, 2.75) is 13.3 Å². The van der Waals surface area contributed by atoms with E-state index in [9.17, 15) is 8.42 Å². The Morgan fingerprint density at radius 2 is 2.00 bits per heavy atom.